The molecule has 2 heteroatoms. The number of benzene rings is 2. The summed E-state index contributed by atoms with van der Waals surface area (Å²) in [6, 6.07) is 20.9. The van der Waals surface area contributed by atoms with Gasteiger partial charge in [0.25, 0.3) is 0 Å². The first kappa shape index (κ1) is 11.7. The Bertz CT molecular complexity index is 654. The Balaban J connectivity index is 2.00. The van der Waals surface area contributed by atoms with Crippen LogP contribution in [-0.4, -0.2) is 9.55 Å². The summed E-state index contributed by atoms with van der Waals surface area (Å²) in [5.74, 6) is 1.04. The Kier molecular flexibility index (Phi) is 3.15. The molecule has 0 spiro atoms. The number of rotatable bonds is 3. The molecule has 0 unspecified atom stereocenters. The molecule has 0 saturated carbocycles. The molecule has 1 aromatic heterocycles. The van der Waals surface area contributed by atoms with Gasteiger partial charge in [0.2, 0.25) is 0 Å². The molecule has 1 heterocycles. The zero-order valence-electron chi connectivity index (χ0n) is 11.0. The minimum atomic E-state index is 0.858. The van der Waals surface area contributed by atoms with E-state index in [1.165, 1.54) is 16.8 Å². The Morgan fingerprint density at radius 3 is 2.21 bits per heavy atom. The molecule has 0 bridgehead atoms. The molecule has 0 N–H and O–H groups in total. The standard InChI is InChI=1S/C17H16N2/c1-14-18-12-17(16-10-6-3-7-11-16)19(14)13-15-8-4-2-5-9-15/h2-12H,13H2,1H3. The second kappa shape index (κ2) is 5.11. The average Bonchev–Trinajstić information content (AvgIpc) is 2.82. The quantitative estimate of drug-likeness (QED) is 0.687. The molecule has 19 heavy (non-hydrogen) atoms. The van der Waals surface area contributed by atoms with Crippen molar-refractivity contribution in [3.05, 3.63) is 78.2 Å². The van der Waals surface area contributed by atoms with E-state index in [1.54, 1.807) is 0 Å². The fraction of sp³-hybridized carbons (Fsp3) is 0.118. The van der Waals surface area contributed by atoms with Gasteiger partial charge in [0.15, 0.2) is 0 Å². The predicted molar refractivity (Wildman–Crippen MR) is 77.9 cm³/mol. The van der Waals surface area contributed by atoms with E-state index in [0.717, 1.165) is 12.4 Å². The predicted octanol–water partition coefficient (Wildman–Crippen LogP) is 3.91. The number of hydrogen-bond acceptors (Lipinski definition) is 1. The normalized spacial score (nSPS) is 10.6. The Morgan fingerprint density at radius 1 is 0.895 bits per heavy atom. The van der Waals surface area contributed by atoms with Gasteiger partial charge in [0, 0.05) is 6.54 Å². The highest BCUT2D eigenvalue weighted by atomic mass is 15.1. The molecule has 3 rings (SSSR count). The maximum atomic E-state index is 4.45. The summed E-state index contributed by atoms with van der Waals surface area (Å²) in [6.07, 6.45) is 1.95. The van der Waals surface area contributed by atoms with Crippen molar-refractivity contribution < 1.29 is 0 Å². The Morgan fingerprint density at radius 2 is 1.53 bits per heavy atom. The average molecular weight is 248 g/mol. The molecule has 0 radical (unpaired) electrons. The highest BCUT2D eigenvalue weighted by Crippen LogP contribution is 2.21. The molecule has 3 aromatic rings. The van der Waals surface area contributed by atoms with Crippen LogP contribution < -0.4 is 0 Å². The zero-order chi connectivity index (χ0) is 13.1. The molecule has 94 valence electrons. The molecule has 0 aliphatic rings. The van der Waals surface area contributed by atoms with E-state index in [9.17, 15) is 0 Å². The number of aromatic nitrogens is 2. The van der Waals surface area contributed by atoms with Crippen LogP contribution in [0.3, 0.4) is 0 Å². The lowest BCUT2D eigenvalue weighted by molar-refractivity contribution is 0.768. The number of imidazole rings is 1. The first-order valence-corrected chi connectivity index (χ1v) is 6.46. The maximum absolute atomic E-state index is 4.45. The number of hydrogen-bond donors (Lipinski definition) is 0. The third-order valence-corrected chi connectivity index (χ3v) is 3.31. The number of nitrogens with zero attached hydrogens (tertiary/aromatic N) is 2. The van der Waals surface area contributed by atoms with Gasteiger partial charge in [-0.25, -0.2) is 4.98 Å². The molecule has 0 amide bonds. The van der Waals surface area contributed by atoms with Crippen LogP contribution in [0.2, 0.25) is 0 Å². The number of aryl methyl sites for hydroxylation is 1. The fourth-order valence-corrected chi connectivity index (χ4v) is 2.27. The van der Waals surface area contributed by atoms with Crippen molar-refractivity contribution in [2.24, 2.45) is 0 Å². The lowest BCUT2D eigenvalue weighted by Gasteiger charge is -2.10. The van der Waals surface area contributed by atoms with E-state index >= 15 is 0 Å². The van der Waals surface area contributed by atoms with Gasteiger partial charge in [-0.05, 0) is 18.1 Å². The van der Waals surface area contributed by atoms with Crippen molar-refractivity contribution in [3.8, 4) is 11.3 Å². The van der Waals surface area contributed by atoms with Crippen LogP contribution in [0, 0.1) is 6.92 Å². The maximum Gasteiger partial charge on any atom is 0.106 e. The SMILES string of the molecule is Cc1ncc(-c2ccccc2)n1Cc1ccccc1. The smallest absolute Gasteiger partial charge is 0.106 e. The molecule has 0 aliphatic heterocycles. The van der Waals surface area contributed by atoms with Gasteiger partial charge in [-0.15, -0.1) is 0 Å². The van der Waals surface area contributed by atoms with E-state index in [-0.39, 0.29) is 0 Å². The van der Waals surface area contributed by atoms with Gasteiger partial charge in [0.05, 0.1) is 11.9 Å². The monoisotopic (exact) mass is 248 g/mol. The van der Waals surface area contributed by atoms with Crippen LogP contribution in [-0.2, 0) is 6.54 Å². The summed E-state index contributed by atoms with van der Waals surface area (Å²) < 4.78 is 2.25. The van der Waals surface area contributed by atoms with Gasteiger partial charge in [-0.3, -0.25) is 0 Å². The van der Waals surface area contributed by atoms with Crippen LogP contribution in [0.15, 0.2) is 66.9 Å². The summed E-state index contributed by atoms with van der Waals surface area (Å²) >= 11 is 0. The van der Waals surface area contributed by atoms with Crippen molar-refractivity contribution in [1.82, 2.24) is 9.55 Å². The molecule has 0 saturated heterocycles. The summed E-state index contributed by atoms with van der Waals surface area (Å²) in [6.45, 7) is 2.91. The fourth-order valence-electron chi connectivity index (χ4n) is 2.27. The largest absolute Gasteiger partial charge is 0.324 e. The molecular weight excluding hydrogens is 232 g/mol. The van der Waals surface area contributed by atoms with Crippen LogP contribution in [0.5, 0.6) is 0 Å². The topological polar surface area (TPSA) is 17.8 Å². The minimum absolute atomic E-state index is 0.858. The summed E-state index contributed by atoms with van der Waals surface area (Å²) in [7, 11) is 0. The highest BCUT2D eigenvalue weighted by molar-refractivity contribution is 5.59. The molecule has 0 aliphatic carbocycles. The summed E-state index contributed by atoms with van der Waals surface area (Å²) in [5.41, 5.74) is 3.67. The van der Waals surface area contributed by atoms with Crippen LogP contribution in [0.1, 0.15) is 11.4 Å². The molecule has 0 atom stereocenters. The first-order chi connectivity index (χ1) is 9.34. The minimum Gasteiger partial charge on any atom is -0.324 e. The molecule has 2 aromatic carbocycles. The van der Waals surface area contributed by atoms with Gasteiger partial charge in [0.1, 0.15) is 5.82 Å². The second-order valence-corrected chi connectivity index (χ2v) is 4.63. The molecule has 2 nitrogen and oxygen atoms in total. The van der Waals surface area contributed by atoms with Crippen molar-refractivity contribution in [2.45, 2.75) is 13.5 Å². The van der Waals surface area contributed by atoms with Crippen molar-refractivity contribution in [3.63, 3.8) is 0 Å². The van der Waals surface area contributed by atoms with Crippen LogP contribution in [0.4, 0.5) is 0 Å². The lowest BCUT2D eigenvalue weighted by Crippen LogP contribution is -2.03. The zero-order valence-corrected chi connectivity index (χ0v) is 11.0. The first-order valence-electron chi connectivity index (χ1n) is 6.46. The summed E-state index contributed by atoms with van der Waals surface area (Å²) in [5, 5.41) is 0. The van der Waals surface area contributed by atoms with Crippen molar-refractivity contribution in [2.75, 3.05) is 0 Å². The molecule has 0 fully saturated rings. The van der Waals surface area contributed by atoms with Crippen LogP contribution >= 0.6 is 0 Å². The summed E-state index contributed by atoms with van der Waals surface area (Å²) in [4.78, 5) is 4.45. The third kappa shape index (κ3) is 2.43. The van der Waals surface area contributed by atoms with Gasteiger partial charge in [-0.1, -0.05) is 60.7 Å². The third-order valence-electron chi connectivity index (χ3n) is 3.31. The second-order valence-electron chi connectivity index (χ2n) is 4.63. The van der Waals surface area contributed by atoms with E-state index < -0.39 is 0 Å². The van der Waals surface area contributed by atoms with Gasteiger partial charge < -0.3 is 4.57 Å². The van der Waals surface area contributed by atoms with Crippen LogP contribution in [0.25, 0.3) is 11.3 Å². The highest BCUT2D eigenvalue weighted by Gasteiger charge is 2.08. The lowest BCUT2D eigenvalue weighted by atomic mass is 10.1. The molecular formula is C17H16N2. The van der Waals surface area contributed by atoms with E-state index in [1.807, 2.05) is 18.3 Å². The van der Waals surface area contributed by atoms with Gasteiger partial charge >= 0.3 is 0 Å². The Hall–Kier alpha value is -2.35. The van der Waals surface area contributed by atoms with E-state index in [0.29, 0.717) is 0 Å². The van der Waals surface area contributed by atoms with E-state index in [4.69, 9.17) is 0 Å². The van der Waals surface area contributed by atoms with Crippen molar-refractivity contribution in [1.29, 1.82) is 0 Å². The van der Waals surface area contributed by atoms with E-state index in [2.05, 4.69) is 65.0 Å². The van der Waals surface area contributed by atoms with Gasteiger partial charge in [-0.2, -0.15) is 0 Å². The Labute approximate surface area is 113 Å². The van der Waals surface area contributed by atoms with Crippen molar-refractivity contribution >= 4 is 0 Å².